The number of anilines is 1. The molecule has 106 valence electrons. The van der Waals surface area contributed by atoms with Crippen LogP contribution in [0, 0.1) is 18.6 Å². The van der Waals surface area contributed by atoms with Crippen LogP contribution in [0.2, 0.25) is 0 Å². The number of pyridine rings is 1. The maximum atomic E-state index is 14.3. The molecule has 0 fully saturated rings. The van der Waals surface area contributed by atoms with E-state index in [-0.39, 0.29) is 11.4 Å². The Morgan fingerprint density at radius 1 is 1.10 bits per heavy atom. The van der Waals surface area contributed by atoms with Gasteiger partial charge in [-0.15, -0.1) is 0 Å². The van der Waals surface area contributed by atoms with Gasteiger partial charge < -0.3 is 5.73 Å². The van der Waals surface area contributed by atoms with Gasteiger partial charge in [0.15, 0.2) is 5.82 Å². The van der Waals surface area contributed by atoms with Crippen molar-refractivity contribution in [2.75, 3.05) is 5.73 Å². The maximum absolute atomic E-state index is 14.3. The molecule has 3 aromatic rings. The molecule has 1 aromatic heterocycles. The summed E-state index contributed by atoms with van der Waals surface area (Å²) < 4.78 is 29.1. The lowest BCUT2D eigenvalue weighted by Gasteiger charge is -2.14. The van der Waals surface area contributed by atoms with Crippen LogP contribution in [0.4, 0.5) is 14.6 Å². The van der Waals surface area contributed by atoms with Gasteiger partial charge in [0.05, 0.1) is 0 Å². The zero-order chi connectivity index (χ0) is 15.1. The zero-order valence-corrected chi connectivity index (χ0v) is 11.2. The third-order valence-electron chi connectivity index (χ3n) is 3.44. The fourth-order valence-electron chi connectivity index (χ4n) is 2.36. The Bertz CT molecular complexity index is 916. The number of hydrogen-bond donors (Lipinski definition) is 1. The molecule has 2 N–H and O–H groups in total. The molecule has 0 unspecified atom stereocenters. The number of aryl methyl sites for hydroxylation is 1. The number of aromatic nitrogens is 1. The van der Waals surface area contributed by atoms with E-state index in [4.69, 9.17) is 5.73 Å². The first-order valence-electron chi connectivity index (χ1n) is 6.36. The zero-order valence-electron chi connectivity index (χ0n) is 11.2. The Morgan fingerprint density at radius 2 is 1.81 bits per heavy atom. The van der Waals surface area contributed by atoms with Gasteiger partial charge in [-0.05, 0) is 36.1 Å². The number of nitrogens with zero attached hydrogens (tertiary/aromatic N) is 1. The van der Waals surface area contributed by atoms with Gasteiger partial charge in [0.2, 0.25) is 0 Å². The number of nitrogens with two attached hydrogens (primary N) is 1. The highest BCUT2D eigenvalue weighted by Crippen LogP contribution is 2.23. The van der Waals surface area contributed by atoms with Crippen LogP contribution in [-0.4, -0.2) is 4.57 Å². The van der Waals surface area contributed by atoms with Crippen molar-refractivity contribution in [1.82, 2.24) is 4.57 Å². The van der Waals surface area contributed by atoms with Crippen LogP contribution in [0.3, 0.4) is 0 Å². The van der Waals surface area contributed by atoms with Gasteiger partial charge in [0, 0.05) is 5.39 Å². The first-order chi connectivity index (χ1) is 10.0. The Morgan fingerprint density at radius 3 is 2.57 bits per heavy atom. The predicted octanol–water partition coefficient (Wildman–Crippen LogP) is 3.16. The second-order valence-corrected chi connectivity index (χ2v) is 4.82. The summed E-state index contributed by atoms with van der Waals surface area (Å²) in [5.41, 5.74) is 5.09. The van der Waals surface area contributed by atoms with E-state index in [1.807, 2.05) is 0 Å². The van der Waals surface area contributed by atoms with Crippen molar-refractivity contribution in [3.8, 4) is 5.69 Å². The highest BCUT2D eigenvalue weighted by atomic mass is 19.1. The molecule has 0 radical (unpaired) electrons. The summed E-state index contributed by atoms with van der Waals surface area (Å²) in [7, 11) is 0. The summed E-state index contributed by atoms with van der Waals surface area (Å²) >= 11 is 0. The third-order valence-corrected chi connectivity index (χ3v) is 3.44. The van der Waals surface area contributed by atoms with Gasteiger partial charge in [-0.1, -0.05) is 24.3 Å². The molecule has 2 aromatic carbocycles. The summed E-state index contributed by atoms with van der Waals surface area (Å²) in [4.78, 5) is 12.5. The third kappa shape index (κ3) is 1.98. The summed E-state index contributed by atoms with van der Waals surface area (Å²) in [5.74, 6) is -1.64. The number of nitrogen functional groups attached to an aromatic ring is 1. The lowest BCUT2D eigenvalue weighted by molar-refractivity contribution is 0.562. The van der Waals surface area contributed by atoms with E-state index in [1.165, 1.54) is 19.1 Å². The Balaban J connectivity index is 2.47. The van der Waals surface area contributed by atoms with Crippen LogP contribution in [0.25, 0.3) is 16.5 Å². The highest BCUT2D eigenvalue weighted by molar-refractivity contribution is 5.84. The molecule has 21 heavy (non-hydrogen) atoms. The Hall–Kier alpha value is -2.69. The molecular weight excluding hydrogens is 274 g/mol. The van der Waals surface area contributed by atoms with E-state index in [9.17, 15) is 13.6 Å². The number of fused-ring (bicyclic) bond motifs is 1. The van der Waals surface area contributed by atoms with Crippen LogP contribution >= 0.6 is 0 Å². The maximum Gasteiger partial charge on any atom is 0.264 e. The Labute approximate surface area is 119 Å². The molecule has 5 heteroatoms. The molecule has 0 saturated heterocycles. The van der Waals surface area contributed by atoms with E-state index >= 15 is 0 Å². The quantitative estimate of drug-likeness (QED) is 0.747. The summed E-state index contributed by atoms with van der Waals surface area (Å²) in [6, 6.07) is 10.7. The normalized spacial score (nSPS) is 11.0. The van der Waals surface area contributed by atoms with E-state index in [0.717, 1.165) is 10.6 Å². The largest absolute Gasteiger partial charge is 0.385 e. The minimum Gasteiger partial charge on any atom is -0.385 e. The minimum atomic E-state index is -0.831. The molecule has 3 nitrogen and oxygen atoms in total. The SMILES string of the molecule is Cc1ccc(F)c(-n2c(N)cc3ccccc3c2=O)c1F. The van der Waals surface area contributed by atoms with Crippen molar-refractivity contribution >= 4 is 16.6 Å². The van der Waals surface area contributed by atoms with E-state index in [1.54, 1.807) is 24.3 Å². The minimum absolute atomic E-state index is 0.0119. The second-order valence-electron chi connectivity index (χ2n) is 4.82. The number of rotatable bonds is 1. The van der Waals surface area contributed by atoms with Crippen LogP contribution in [0.15, 0.2) is 47.3 Å². The fourth-order valence-corrected chi connectivity index (χ4v) is 2.36. The van der Waals surface area contributed by atoms with Crippen LogP contribution in [-0.2, 0) is 0 Å². The summed E-state index contributed by atoms with van der Waals surface area (Å²) in [5, 5.41) is 0.983. The van der Waals surface area contributed by atoms with Crippen LogP contribution in [0.5, 0.6) is 0 Å². The van der Waals surface area contributed by atoms with Gasteiger partial charge in [0.1, 0.15) is 17.3 Å². The second kappa shape index (κ2) is 4.70. The topological polar surface area (TPSA) is 48.0 Å². The van der Waals surface area contributed by atoms with Crippen molar-refractivity contribution in [3.63, 3.8) is 0 Å². The molecule has 0 bridgehead atoms. The lowest BCUT2D eigenvalue weighted by Crippen LogP contribution is -2.23. The predicted molar refractivity (Wildman–Crippen MR) is 78.6 cm³/mol. The number of halogens is 2. The van der Waals surface area contributed by atoms with Crippen LogP contribution < -0.4 is 11.3 Å². The lowest BCUT2D eigenvalue weighted by atomic mass is 10.1. The van der Waals surface area contributed by atoms with Crippen molar-refractivity contribution in [3.05, 3.63) is 70.0 Å². The monoisotopic (exact) mass is 286 g/mol. The van der Waals surface area contributed by atoms with Crippen LogP contribution in [0.1, 0.15) is 5.56 Å². The Kier molecular flexibility index (Phi) is 2.97. The molecule has 0 spiro atoms. The van der Waals surface area contributed by atoms with Crippen molar-refractivity contribution < 1.29 is 8.78 Å². The van der Waals surface area contributed by atoms with Gasteiger partial charge in [-0.2, -0.15) is 0 Å². The molecule has 1 heterocycles. The van der Waals surface area contributed by atoms with Gasteiger partial charge in [-0.25, -0.2) is 8.78 Å². The van der Waals surface area contributed by atoms with Crippen molar-refractivity contribution in [2.24, 2.45) is 0 Å². The summed E-state index contributed by atoms with van der Waals surface area (Å²) in [6.07, 6.45) is 0. The number of hydrogen-bond acceptors (Lipinski definition) is 2. The molecule has 3 rings (SSSR count). The highest BCUT2D eigenvalue weighted by Gasteiger charge is 2.18. The van der Waals surface area contributed by atoms with E-state index in [2.05, 4.69) is 0 Å². The van der Waals surface area contributed by atoms with Gasteiger partial charge >= 0.3 is 0 Å². The molecule has 0 aliphatic rings. The summed E-state index contributed by atoms with van der Waals surface area (Å²) in [6.45, 7) is 1.50. The fraction of sp³-hybridized carbons (Fsp3) is 0.0625. The molecule has 0 saturated carbocycles. The molecule has 0 aliphatic heterocycles. The van der Waals surface area contributed by atoms with E-state index < -0.39 is 22.9 Å². The molecule has 0 amide bonds. The van der Waals surface area contributed by atoms with Crippen molar-refractivity contribution in [2.45, 2.75) is 6.92 Å². The smallest absolute Gasteiger partial charge is 0.264 e. The first-order valence-corrected chi connectivity index (χ1v) is 6.36. The first kappa shape index (κ1) is 13.3. The standard InChI is InChI=1S/C16H12F2N2O/c1-9-6-7-12(17)15(14(9)18)20-13(19)8-10-4-2-3-5-11(10)16(20)21/h2-8H,19H2,1H3. The van der Waals surface area contributed by atoms with Crippen molar-refractivity contribution in [1.29, 1.82) is 0 Å². The average molecular weight is 286 g/mol. The van der Waals surface area contributed by atoms with Gasteiger partial charge in [0.25, 0.3) is 5.56 Å². The number of benzene rings is 2. The van der Waals surface area contributed by atoms with E-state index in [0.29, 0.717) is 10.8 Å². The van der Waals surface area contributed by atoms with Gasteiger partial charge in [-0.3, -0.25) is 9.36 Å². The average Bonchev–Trinajstić information content (AvgIpc) is 2.46. The molecule has 0 atom stereocenters. The molecular formula is C16H12F2N2O. The molecule has 0 aliphatic carbocycles.